The smallest absolute Gasteiger partial charge is 0.266 e. The van der Waals surface area contributed by atoms with Crippen LogP contribution in [-0.2, 0) is 21.5 Å². The number of rotatable bonds is 3. The van der Waals surface area contributed by atoms with Crippen molar-refractivity contribution in [3.8, 4) is 5.75 Å². The van der Waals surface area contributed by atoms with E-state index in [1.54, 1.807) is 18.2 Å². The number of aromatic nitrogens is 1. The molecule has 5 rings (SSSR count). The van der Waals surface area contributed by atoms with Gasteiger partial charge >= 0.3 is 0 Å². The number of aromatic amines is 1. The second kappa shape index (κ2) is 6.97. The molecule has 2 aliphatic rings. The molecule has 2 aliphatic heterocycles. The molecule has 158 valence electrons. The first-order valence-electron chi connectivity index (χ1n) is 10.3. The number of nitrogens with one attached hydrogen (secondary N) is 1. The van der Waals surface area contributed by atoms with Gasteiger partial charge in [-0.05, 0) is 55.3 Å². The van der Waals surface area contributed by atoms with Gasteiger partial charge in [0, 0.05) is 23.0 Å². The lowest BCUT2D eigenvalue weighted by Crippen LogP contribution is -2.66. The number of ether oxygens (including phenoxy) is 1. The summed E-state index contributed by atoms with van der Waals surface area (Å²) in [6.07, 6.45) is 2.08. The van der Waals surface area contributed by atoms with Crippen LogP contribution in [0.3, 0.4) is 0 Å². The summed E-state index contributed by atoms with van der Waals surface area (Å²) >= 11 is 0. The Bertz CT molecular complexity index is 1210. The Morgan fingerprint density at radius 2 is 1.87 bits per heavy atom. The molecule has 0 radical (unpaired) electrons. The molecule has 3 heterocycles. The molecular formula is C24H24N4O3. The molecule has 1 unspecified atom stereocenters. The van der Waals surface area contributed by atoms with Gasteiger partial charge < -0.3 is 14.6 Å². The molecule has 1 aromatic heterocycles. The lowest BCUT2D eigenvalue weighted by Gasteiger charge is -2.50. The first kappa shape index (κ1) is 19.4. The molecule has 7 nitrogen and oxygen atoms in total. The van der Waals surface area contributed by atoms with Crippen molar-refractivity contribution in [2.24, 2.45) is 5.10 Å². The summed E-state index contributed by atoms with van der Waals surface area (Å²) in [4.78, 5) is 31.7. The number of hydrogen-bond donors (Lipinski definition) is 1. The monoisotopic (exact) mass is 416 g/mol. The number of carbonyl (C=O) groups excluding carboxylic acids is 2. The number of benzene rings is 2. The fourth-order valence-electron chi connectivity index (χ4n) is 4.79. The van der Waals surface area contributed by atoms with Crippen LogP contribution in [0.2, 0.25) is 0 Å². The number of methoxy groups -OCH3 is 1. The van der Waals surface area contributed by atoms with Crippen LogP contribution in [0.4, 0.5) is 0 Å². The van der Waals surface area contributed by atoms with E-state index in [0.717, 1.165) is 33.5 Å². The number of amides is 2. The second-order valence-corrected chi connectivity index (χ2v) is 8.48. The van der Waals surface area contributed by atoms with Gasteiger partial charge in [0.05, 0.1) is 18.9 Å². The first-order chi connectivity index (χ1) is 14.9. The van der Waals surface area contributed by atoms with E-state index < -0.39 is 11.6 Å². The van der Waals surface area contributed by atoms with Crippen LogP contribution in [0.25, 0.3) is 10.9 Å². The predicted molar refractivity (Wildman–Crippen MR) is 118 cm³/mol. The van der Waals surface area contributed by atoms with E-state index in [4.69, 9.17) is 4.74 Å². The van der Waals surface area contributed by atoms with Crippen LogP contribution in [0, 0.1) is 0 Å². The van der Waals surface area contributed by atoms with Crippen molar-refractivity contribution < 1.29 is 14.3 Å². The van der Waals surface area contributed by atoms with Crippen molar-refractivity contribution in [2.75, 3.05) is 13.7 Å². The van der Waals surface area contributed by atoms with E-state index in [1.165, 1.54) is 5.01 Å². The third-order valence-electron chi connectivity index (χ3n) is 6.29. The number of piperazine rings is 1. The first-order valence-corrected chi connectivity index (χ1v) is 10.3. The number of para-hydroxylation sites is 1. The molecule has 1 fully saturated rings. The summed E-state index contributed by atoms with van der Waals surface area (Å²) in [6, 6.07) is 14.9. The molecule has 0 saturated carbocycles. The van der Waals surface area contributed by atoms with Gasteiger partial charge in [0.2, 0.25) is 5.91 Å². The number of hydrazone groups is 1. The molecule has 2 amide bonds. The number of nitrogens with zero attached hydrogens (tertiary/aromatic N) is 3. The van der Waals surface area contributed by atoms with Crippen LogP contribution < -0.4 is 4.74 Å². The Balaban J connectivity index is 1.48. The zero-order valence-corrected chi connectivity index (χ0v) is 17.8. The third-order valence-corrected chi connectivity index (χ3v) is 6.29. The van der Waals surface area contributed by atoms with Gasteiger partial charge in [-0.3, -0.25) is 9.59 Å². The minimum absolute atomic E-state index is 0.0685. The Hall–Kier alpha value is -3.61. The lowest BCUT2D eigenvalue weighted by atomic mass is 9.82. The average molecular weight is 416 g/mol. The number of hydrogen-bond acceptors (Lipinski definition) is 4. The zero-order chi connectivity index (χ0) is 21.8. The zero-order valence-electron chi connectivity index (χ0n) is 17.8. The topological polar surface area (TPSA) is 78.0 Å². The van der Waals surface area contributed by atoms with Gasteiger partial charge in [0.25, 0.3) is 5.91 Å². The molecule has 0 spiro atoms. The van der Waals surface area contributed by atoms with Crippen molar-refractivity contribution in [3.63, 3.8) is 0 Å². The summed E-state index contributed by atoms with van der Waals surface area (Å²) in [5.74, 6) is 0.482. The maximum absolute atomic E-state index is 13.4. The molecule has 2 aromatic carbocycles. The molecule has 1 N–H and O–H groups in total. The highest BCUT2D eigenvalue weighted by atomic mass is 16.5. The molecule has 0 bridgehead atoms. The van der Waals surface area contributed by atoms with E-state index in [9.17, 15) is 9.59 Å². The van der Waals surface area contributed by atoms with Crippen molar-refractivity contribution in [2.45, 2.75) is 31.8 Å². The maximum Gasteiger partial charge on any atom is 0.266 e. The highest BCUT2D eigenvalue weighted by Gasteiger charge is 2.51. The van der Waals surface area contributed by atoms with E-state index in [-0.39, 0.29) is 18.4 Å². The number of carbonyl (C=O) groups is 2. The molecule has 0 aliphatic carbocycles. The van der Waals surface area contributed by atoms with Crippen molar-refractivity contribution >= 4 is 28.9 Å². The summed E-state index contributed by atoms with van der Waals surface area (Å²) in [5, 5.41) is 6.74. The van der Waals surface area contributed by atoms with Gasteiger partial charge in [-0.25, -0.2) is 5.01 Å². The van der Waals surface area contributed by atoms with Gasteiger partial charge in [0.15, 0.2) is 0 Å². The van der Waals surface area contributed by atoms with Crippen molar-refractivity contribution in [3.05, 3.63) is 65.4 Å². The number of H-pyrrole nitrogens is 1. The standard InChI is InChI=1S/C24H24N4O3/c1-24(2)22-18(17-6-4-5-7-19(17)26-22)12-20-23(30)27(14-21(29)28(20)24)25-13-15-8-10-16(31-3)11-9-15/h4-11,13,20,26H,12,14H2,1-3H3. The highest BCUT2D eigenvalue weighted by molar-refractivity contribution is 5.98. The summed E-state index contributed by atoms with van der Waals surface area (Å²) in [5.41, 5.74) is 3.34. The SMILES string of the molecule is COc1ccc(C=NN2CC(=O)N3C(Cc4c([nH]c5ccccc45)C3(C)C)C2=O)cc1. The summed E-state index contributed by atoms with van der Waals surface area (Å²) < 4.78 is 5.16. The fourth-order valence-corrected chi connectivity index (χ4v) is 4.79. The van der Waals surface area contributed by atoms with E-state index in [1.807, 2.05) is 56.3 Å². The Kier molecular flexibility index (Phi) is 4.36. The van der Waals surface area contributed by atoms with E-state index in [2.05, 4.69) is 16.2 Å². The second-order valence-electron chi connectivity index (χ2n) is 8.48. The minimum atomic E-state index is -0.615. The van der Waals surface area contributed by atoms with Crippen LogP contribution in [-0.4, -0.2) is 52.6 Å². The molecule has 31 heavy (non-hydrogen) atoms. The van der Waals surface area contributed by atoms with Crippen molar-refractivity contribution in [1.82, 2.24) is 14.9 Å². The molecule has 7 heteroatoms. The Morgan fingerprint density at radius 1 is 1.13 bits per heavy atom. The molecule has 1 saturated heterocycles. The van der Waals surface area contributed by atoms with Gasteiger partial charge in [-0.2, -0.15) is 5.10 Å². The quantitative estimate of drug-likeness (QED) is 0.667. The fraction of sp³-hybridized carbons (Fsp3) is 0.292. The van der Waals surface area contributed by atoms with Crippen LogP contribution in [0.5, 0.6) is 5.75 Å². The lowest BCUT2D eigenvalue weighted by molar-refractivity contribution is -0.163. The third kappa shape index (κ3) is 3.00. The molecule has 1 atom stereocenters. The Morgan fingerprint density at radius 3 is 2.61 bits per heavy atom. The normalized spacial score (nSPS) is 20.3. The van der Waals surface area contributed by atoms with E-state index in [0.29, 0.717) is 6.42 Å². The molecule has 3 aromatic rings. The van der Waals surface area contributed by atoms with Crippen LogP contribution in [0.1, 0.15) is 30.7 Å². The highest BCUT2D eigenvalue weighted by Crippen LogP contribution is 2.42. The van der Waals surface area contributed by atoms with Gasteiger partial charge in [-0.15, -0.1) is 0 Å². The largest absolute Gasteiger partial charge is 0.497 e. The van der Waals surface area contributed by atoms with Crippen molar-refractivity contribution in [1.29, 1.82) is 0 Å². The van der Waals surface area contributed by atoms with Crippen LogP contribution in [0.15, 0.2) is 53.6 Å². The summed E-state index contributed by atoms with van der Waals surface area (Å²) in [7, 11) is 1.61. The van der Waals surface area contributed by atoms with Gasteiger partial charge in [0.1, 0.15) is 18.3 Å². The average Bonchev–Trinajstić information content (AvgIpc) is 3.15. The van der Waals surface area contributed by atoms with E-state index >= 15 is 0 Å². The van der Waals surface area contributed by atoms with Gasteiger partial charge in [-0.1, -0.05) is 18.2 Å². The maximum atomic E-state index is 13.4. The predicted octanol–water partition coefficient (Wildman–Crippen LogP) is 3.04. The van der Waals surface area contributed by atoms with Crippen LogP contribution >= 0.6 is 0 Å². The number of fused-ring (bicyclic) bond motifs is 4. The minimum Gasteiger partial charge on any atom is -0.497 e. The molecular weight excluding hydrogens is 392 g/mol. The Labute approximate surface area is 180 Å². The summed E-state index contributed by atoms with van der Waals surface area (Å²) in [6.45, 7) is 3.92.